The summed E-state index contributed by atoms with van der Waals surface area (Å²) in [5.41, 5.74) is 0.802. The molecule has 1 aliphatic heterocycles. The van der Waals surface area contributed by atoms with Crippen LogP contribution in [0.2, 0.25) is 0 Å². The van der Waals surface area contributed by atoms with Crippen LogP contribution in [0.25, 0.3) is 0 Å². The number of methoxy groups -OCH3 is 1. The highest BCUT2D eigenvalue weighted by atomic mass is 16.5. The zero-order chi connectivity index (χ0) is 18.5. The minimum absolute atomic E-state index is 0.00288. The van der Waals surface area contributed by atoms with Crippen molar-refractivity contribution in [2.45, 2.75) is 32.6 Å². The predicted molar refractivity (Wildman–Crippen MR) is 98.5 cm³/mol. The van der Waals surface area contributed by atoms with Gasteiger partial charge in [0.1, 0.15) is 17.2 Å². The first kappa shape index (κ1) is 18.2. The molecule has 1 atom stereocenters. The van der Waals surface area contributed by atoms with Crippen LogP contribution in [0.1, 0.15) is 38.3 Å². The number of hydrogen-bond acceptors (Lipinski definition) is 5. The van der Waals surface area contributed by atoms with E-state index in [4.69, 9.17) is 9.47 Å². The monoisotopic (exact) mass is 355 g/mol. The van der Waals surface area contributed by atoms with E-state index in [1.807, 2.05) is 43.0 Å². The minimum atomic E-state index is 0.00288. The summed E-state index contributed by atoms with van der Waals surface area (Å²) in [6.07, 6.45) is 5.23. The molecule has 1 aliphatic rings. The van der Waals surface area contributed by atoms with Gasteiger partial charge in [0.15, 0.2) is 0 Å². The van der Waals surface area contributed by atoms with Crippen LogP contribution < -0.4 is 9.47 Å². The Morgan fingerprint density at radius 1 is 1.23 bits per heavy atom. The van der Waals surface area contributed by atoms with Gasteiger partial charge in [-0.25, -0.2) is 4.98 Å². The Kier molecular flexibility index (Phi) is 5.71. The summed E-state index contributed by atoms with van der Waals surface area (Å²) >= 11 is 0. The maximum Gasteiger partial charge on any atom is 0.241 e. The first-order valence-electron chi connectivity index (χ1n) is 9.00. The molecule has 1 saturated heterocycles. The number of aromatic nitrogens is 2. The van der Waals surface area contributed by atoms with E-state index in [2.05, 4.69) is 9.97 Å². The second-order valence-electron chi connectivity index (χ2n) is 6.81. The predicted octanol–water partition coefficient (Wildman–Crippen LogP) is 3.64. The van der Waals surface area contributed by atoms with E-state index in [-0.39, 0.29) is 17.7 Å². The number of piperidine rings is 1. The minimum Gasteiger partial charge on any atom is -0.497 e. The molecule has 1 aromatic carbocycles. The number of carbonyl (C=O) groups excluding carboxylic acids is 1. The summed E-state index contributed by atoms with van der Waals surface area (Å²) in [5, 5.41) is 0. The molecule has 0 aliphatic carbocycles. The zero-order valence-electron chi connectivity index (χ0n) is 15.5. The molecule has 0 radical (unpaired) electrons. The highest BCUT2D eigenvalue weighted by molar-refractivity contribution is 5.78. The maximum atomic E-state index is 12.4. The lowest BCUT2D eigenvalue weighted by Gasteiger charge is -2.33. The summed E-state index contributed by atoms with van der Waals surface area (Å²) in [4.78, 5) is 23.2. The van der Waals surface area contributed by atoms with Crippen LogP contribution in [0.5, 0.6) is 17.4 Å². The summed E-state index contributed by atoms with van der Waals surface area (Å²) in [6, 6.07) is 7.40. The van der Waals surface area contributed by atoms with Gasteiger partial charge in [0.25, 0.3) is 0 Å². The van der Waals surface area contributed by atoms with E-state index in [1.54, 1.807) is 19.5 Å². The number of ether oxygens (including phenoxy) is 2. The average molecular weight is 355 g/mol. The Morgan fingerprint density at radius 3 is 2.77 bits per heavy atom. The molecule has 6 heteroatoms. The van der Waals surface area contributed by atoms with E-state index in [1.165, 1.54) is 0 Å². The Bertz CT molecular complexity index is 763. The van der Waals surface area contributed by atoms with Gasteiger partial charge >= 0.3 is 0 Å². The topological polar surface area (TPSA) is 64.6 Å². The number of amides is 1. The number of rotatable bonds is 5. The molecule has 26 heavy (non-hydrogen) atoms. The summed E-state index contributed by atoms with van der Waals surface area (Å²) in [6.45, 7) is 5.33. The Hall–Kier alpha value is -2.63. The number of carbonyl (C=O) groups is 1. The summed E-state index contributed by atoms with van der Waals surface area (Å²) in [7, 11) is 1.62. The van der Waals surface area contributed by atoms with Crippen molar-refractivity contribution in [2.24, 2.45) is 5.92 Å². The van der Waals surface area contributed by atoms with E-state index >= 15 is 0 Å². The number of likely N-dealkylation sites (tertiary alicyclic amines) is 1. The molecule has 2 heterocycles. The lowest BCUT2D eigenvalue weighted by molar-refractivity contribution is -0.135. The zero-order valence-corrected chi connectivity index (χ0v) is 15.5. The SMILES string of the molecule is COc1cccc(Oc2nccnc2[C@@H]2CCCN(C(=O)C(C)C)C2)c1. The second kappa shape index (κ2) is 8.17. The third kappa shape index (κ3) is 4.12. The summed E-state index contributed by atoms with van der Waals surface area (Å²) in [5.74, 6) is 2.18. The normalized spacial score (nSPS) is 17.2. The van der Waals surface area contributed by atoms with Gasteiger partial charge in [-0.3, -0.25) is 9.78 Å². The van der Waals surface area contributed by atoms with Crippen LogP contribution in [0.3, 0.4) is 0 Å². The molecule has 6 nitrogen and oxygen atoms in total. The Balaban J connectivity index is 1.81. The first-order chi connectivity index (χ1) is 12.6. The van der Waals surface area contributed by atoms with E-state index in [9.17, 15) is 4.79 Å². The van der Waals surface area contributed by atoms with Crippen LogP contribution in [0.15, 0.2) is 36.7 Å². The van der Waals surface area contributed by atoms with Crippen molar-refractivity contribution in [1.82, 2.24) is 14.9 Å². The third-order valence-corrected chi connectivity index (χ3v) is 4.56. The van der Waals surface area contributed by atoms with Crippen molar-refractivity contribution in [3.63, 3.8) is 0 Å². The second-order valence-corrected chi connectivity index (χ2v) is 6.81. The molecule has 1 fully saturated rings. The standard InChI is InChI=1S/C20H25N3O3/c1-14(2)20(24)23-11-5-6-15(13-23)18-19(22-10-9-21-18)26-17-8-4-7-16(12-17)25-3/h4,7-10,12,14-15H,5-6,11,13H2,1-3H3/t15-/m1/s1. The largest absolute Gasteiger partial charge is 0.497 e. The van der Waals surface area contributed by atoms with Crippen LogP contribution in [0.4, 0.5) is 0 Å². The van der Waals surface area contributed by atoms with Crippen LogP contribution in [-0.2, 0) is 4.79 Å². The van der Waals surface area contributed by atoms with Crippen LogP contribution in [-0.4, -0.2) is 41.0 Å². The fourth-order valence-corrected chi connectivity index (χ4v) is 3.24. The third-order valence-electron chi connectivity index (χ3n) is 4.56. The number of hydrogen-bond donors (Lipinski definition) is 0. The van der Waals surface area contributed by atoms with Gasteiger partial charge < -0.3 is 14.4 Å². The Morgan fingerprint density at radius 2 is 2.00 bits per heavy atom. The molecule has 3 rings (SSSR count). The molecule has 0 N–H and O–H groups in total. The molecule has 1 amide bonds. The van der Waals surface area contributed by atoms with Gasteiger partial charge in [0.05, 0.1) is 7.11 Å². The van der Waals surface area contributed by atoms with Gasteiger partial charge in [-0.2, -0.15) is 0 Å². The van der Waals surface area contributed by atoms with Crippen molar-refractivity contribution in [2.75, 3.05) is 20.2 Å². The fourth-order valence-electron chi connectivity index (χ4n) is 3.24. The quantitative estimate of drug-likeness (QED) is 0.819. The smallest absolute Gasteiger partial charge is 0.241 e. The summed E-state index contributed by atoms with van der Waals surface area (Å²) < 4.78 is 11.2. The van der Waals surface area contributed by atoms with Crippen molar-refractivity contribution >= 4 is 5.91 Å². The first-order valence-corrected chi connectivity index (χ1v) is 9.00. The number of nitrogens with zero attached hydrogens (tertiary/aromatic N) is 3. The molecule has 1 aromatic heterocycles. The van der Waals surface area contributed by atoms with Gasteiger partial charge in [0.2, 0.25) is 11.8 Å². The Labute approximate surface area is 154 Å². The molecule has 2 aromatic rings. The molecule has 0 bridgehead atoms. The lowest BCUT2D eigenvalue weighted by atomic mass is 9.94. The number of benzene rings is 1. The highest BCUT2D eigenvalue weighted by Gasteiger charge is 2.29. The molecule has 0 saturated carbocycles. The fraction of sp³-hybridized carbons (Fsp3) is 0.450. The van der Waals surface area contributed by atoms with Crippen LogP contribution >= 0.6 is 0 Å². The van der Waals surface area contributed by atoms with Crippen molar-refractivity contribution in [3.8, 4) is 17.4 Å². The van der Waals surface area contributed by atoms with Gasteiger partial charge in [-0.05, 0) is 25.0 Å². The van der Waals surface area contributed by atoms with Crippen molar-refractivity contribution < 1.29 is 14.3 Å². The van der Waals surface area contributed by atoms with E-state index in [0.29, 0.717) is 18.2 Å². The maximum absolute atomic E-state index is 12.4. The molecule has 0 unspecified atom stereocenters. The van der Waals surface area contributed by atoms with E-state index in [0.717, 1.165) is 30.8 Å². The van der Waals surface area contributed by atoms with Gasteiger partial charge in [0, 0.05) is 43.4 Å². The van der Waals surface area contributed by atoms with Crippen molar-refractivity contribution in [1.29, 1.82) is 0 Å². The lowest BCUT2D eigenvalue weighted by Crippen LogP contribution is -2.41. The average Bonchev–Trinajstić information content (AvgIpc) is 2.68. The molecule has 0 spiro atoms. The molecule has 138 valence electrons. The van der Waals surface area contributed by atoms with Gasteiger partial charge in [-0.1, -0.05) is 19.9 Å². The van der Waals surface area contributed by atoms with Gasteiger partial charge in [-0.15, -0.1) is 0 Å². The molecular formula is C20H25N3O3. The van der Waals surface area contributed by atoms with Crippen LogP contribution in [0, 0.1) is 5.92 Å². The van der Waals surface area contributed by atoms with Crippen molar-refractivity contribution in [3.05, 3.63) is 42.4 Å². The van der Waals surface area contributed by atoms with E-state index < -0.39 is 0 Å². The molecular weight excluding hydrogens is 330 g/mol. The highest BCUT2D eigenvalue weighted by Crippen LogP contribution is 2.33.